The first kappa shape index (κ1) is 12.4. The molecule has 0 aromatic heterocycles. The fourth-order valence-corrected chi connectivity index (χ4v) is 2.83. The van der Waals surface area contributed by atoms with Gasteiger partial charge in [0.1, 0.15) is 0 Å². The van der Waals surface area contributed by atoms with Crippen molar-refractivity contribution in [3.8, 4) is 0 Å². The van der Waals surface area contributed by atoms with E-state index in [9.17, 15) is 0 Å². The first-order chi connectivity index (χ1) is 8.09. The zero-order chi connectivity index (χ0) is 12.4. The molecule has 1 heteroatoms. The zero-order valence-corrected chi connectivity index (χ0v) is 11.0. The van der Waals surface area contributed by atoms with Gasteiger partial charge in [-0.1, -0.05) is 36.0 Å². The lowest BCUT2D eigenvalue weighted by molar-refractivity contribution is 0.491. The van der Waals surface area contributed by atoms with E-state index in [-0.39, 0.29) is 6.04 Å². The lowest BCUT2D eigenvalue weighted by atomic mass is 9.77. The van der Waals surface area contributed by atoms with Gasteiger partial charge in [-0.05, 0) is 50.7 Å². The van der Waals surface area contributed by atoms with E-state index in [4.69, 9.17) is 5.73 Å². The molecule has 0 radical (unpaired) electrons. The Labute approximate surface area is 105 Å². The van der Waals surface area contributed by atoms with Crippen LogP contribution in [0.2, 0.25) is 0 Å². The number of nitrogens with two attached hydrogens (primary N) is 1. The molecule has 0 heterocycles. The van der Waals surface area contributed by atoms with E-state index in [2.05, 4.69) is 38.7 Å². The first-order valence-corrected chi connectivity index (χ1v) is 6.58. The lowest BCUT2D eigenvalue weighted by Gasteiger charge is -2.30. The summed E-state index contributed by atoms with van der Waals surface area (Å²) in [5.74, 6) is 0.509. The van der Waals surface area contributed by atoms with Gasteiger partial charge in [0, 0.05) is 12.0 Å². The SMILES string of the molecule is C=C(C)C1=CC(C2CCC=CC2N)=C(C)CC1. The van der Waals surface area contributed by atoms with Gasteiger partial charge in [-0.2, -0.15) is 0 Å². The minimum absolute atomic E-state index is 0.189. The predicted molar refractivity (Wildman–Crippen MR) is 74.7 cm³/mol. The predicted octanol–water partition coefficient (Wildman–Crippen LogP) is 3.89. The Kier molecular flexibility index (Phi) is 3.68. The molecule has 0 bridgehead atoms. The quantitative estimate of drug-likeness (QED) is 0.714. The third-order valence-corrected chi connectivity index (χ3v) is 4.01. The number of allylic oxidation sites excluding steroid dienone is 5. The second kappa shape index (κ2) is 5.05. The molecule has 2 N–H and O–H groups in total. The molecular formula is C16H23N. The van der Waals surface area contributed by atoms with E-state index in [1.165, 1.54) is 35.1 Å². The summed E-state index contributed by atoms with van der Waals surface area (Å²) in [6.45, 7) is 8.42. The van der Waals surface area contributed by atoms with E-state index in [1.807, 2.05) is 0 Å². The lowest BCUT2D eigenvalue weighted by Crippen LogP contribution is -2.32. The summed E-state index contributed by atoms with van der Waals surface area (Å²) in [6.07, 6.45) is 11.4. The van der Waals surface area contributed by atoms with Gasteiger partial charge in [-0.15, -0.1) is 0 Å². The summed E-state index contributed by atoms with van der Waals surface area (Å²) >= 11 is 0. The molecule has 17 heavy (non-hydrogen) atoms. The molecule has 2 aliphatic carbocycles. The van der Waals surface area contributed by atoms with Gasteiger partial charge in [-0.3, -0.25) is 0 Å². The number of rotatable bonds is 2. The Hall–Kier alpha value is -1.08. The van der Waals surface area contributed by atoms with Crippen LogP contribution in [0.5, 0.6) is 0 Å². The maximum atomic E-state index is 6.22. The van der Waals surface area contributed by atoms with Crippen LogP contribution in [0, 0.1) is 5.92 Å². The minimum Gasteiger partial charge on any atom is -0.324 e. The Morgan fingerprint density at radius 2 is 2.18 bits per heavy atom. The van der Waals surface area contributed by atoms with Crippen molar-refractivity contribution in [1.29, 1.82) is 0 Å². The molecular weight excluding hydrogens is 206 g/mol. The van der Waals surface area contributed by atoms with Crippen LogP contribution in [0.15, 0.2) is 47.1 Å². The van der Waals surface area contributed by atoms with Crippen LogP contribution < -0.4 is 5.73 Å². The molecule has 0 spiro atoms. The summed E-state index contributed by atoms with van der Waals surface area (Å²) in [6, 6.07) is 0.189. The highest BCUT2D eigenvalue weighted by molar-refractivity contribution is 5.42. The van der Waals surface area contributed by atoms with Gasteiger partial charge in [-0.25, -0.2) is 0 Å². The molecule has 0 fully saturated rings. The van der Waals surface area contributed by atoms with Crippen LogP contribution in [-0.4, -0.2) is 6.04 Å². The van der Waals surface area contributed by atoms with Crippen LogP contribution in [0.3, 0.4) is 0 Å². The Balaban J connectivity index is 2.29. The van der Waals surface area contributed by atoms with Gasteiger partial charge in [0.25, 0.3) is 0 Å². The van der Waals surface area contributed by atoms with Crippen molar-refractivity contribution in [3.05, 3.63) is 47.1 Å². The second-order valence-electron chi connectivity index (χ2n) is 5.37. The van der Waals surface area contributed by atoms with Crippen molar-refractivity contribution >= 4 is 0 Å². The molecule has 2 unspecified atom stereocenters. The molecule has 0 saturated carbocycles. The maximum Gasteiger partial charge on any atom is 0.0293 e. The summed E-state index contributed by atoms with van der Waals surface area (Å²) < 4.78 is 0. The highest BCUT2D eigenvalue weighted by Crippen LogP contribution is 2.35. The van der Waals surface area contributed by atoms with Crippen molar-refractivity contribution in [2.24, 2.45) is 11.7 Å². The summed E-state index contributed by atoms with van der Waals surface area (Å²) in [5.41, 5.74) is 11.8. The van der Waals surface area contributed by atoms with E-state index < -0.39 is 0 Å². The molecule has 0 aromatic carbocycles. The average molecular weight is 229 g/mol. The van der Waals surface area contributed by atoms with Gasteiger partial charge in [0.05, 0.1) is 0 Å². The van der Waals surface area contributed by atoms with Gasteiger partial charge >= 0.3 is 0 Å². The van der Waals surface area contributed by atoms with Crippen LogP contribution in [-0.2, 0) is 0 Å². The fourth-order valence-electron chi connectivity index (χ4n) is 2.83. The average Bonchev–Trinajstić information content (AvgIpc) is 2.30. The molecule has 0 aliphatic heterocycles. The van der Waals surface area contributed by atoms with Crippen molar-refractivity contribution in [1.82, 2.24) is 0 Å². The number of hydrogen-bond acceptors (Lipinski definition) is 1. The first-order valence-electron chi connectivity index (χ1n) is 6.58. The molecule has 2 aliphatic rings. The van der Waals surface area contributed by atoms with Crippen molar-refractivity contribution in [3.63, 3.8) is 0 Å². The highest BCUT2D eigenvalue weighted by Gasteiger charge is 2.24. The van der Waals surface area contributed by atoms with Gasteiger partial charge < -0.3 is 5.73 Å². The minimum atomic E-state index is 0.189. The van der Waals surface area contributed by atoms with Gasteiger partial charge in [0.15, 0.2) is 0 Å². The summed E-state index contributed by atoms with van der Waals surface area (Å²) in [5, 5.41) is 0. The smallest absolute Gasteiger partial charge is 0.0293 e. The normalized spacial score (nSPS) is 29.2. The molecule has 92 valence electrons. The van der Waals surface area contributed by atoms with Crippen molar-refractivity contribution in [2.75, 3.05) is 0 Å². The fraction of sp³-hybridized carbons (Fsp3) is 0.500. The zero-order valence-electron chi connectivity index (χ0n) is 11.0. The van der Waals surface area contributed by atoms with E-state index in [1.54, 1.807) is 0 Å². The third-order valence-electron chi connectivity index (χ3n) is 4.01. The van der Waals surface area contributed by atoms with Crippen molar-refractivity contribution < 1.29 is 0 Å². The Morgan fingerprint density at radius 1 is 1.41 bits per heavy atom. The van der Waals surface area contributed by atoms with E-state index >= 15 is 0 Å². The second-order valence-corrected chi connectivity index (χ2v) is 5.37. The largest absolute Gasteiger partial charge is 0.324 e. The molecule has 2 rings (SSSR count). The molecule has 1 nitrogen and oxygen atoms in total. The van der Waals surface area contributed by atoms with Crippen molar-refractivity contribution in [2.45, 2.75) is 45.6 Å². The molecule has 0 aromatic rings. The topological polar surface area (TPSA) is 26.0 Å². The van der Waals surface area contributed by atoms with Crippen LogP contribution in [0.4, 0.5) is 0 Å². The Bertz CT molecular complexity index is 409. The monoisotopic (exact) mass is 229 g/mol. The van der Waals surface area contributed by atoms with Crippen LogP contribution >= 0.6 is 0 Å². The summed E-state index contributed by atoms with van der Waals surface area (Å²) in [7, 11) is 0. The molecule has 2 atom stereocenters. The number of hydrogen-bond donors (Lipinski definition) is 1. The molecule has 0 saturated heterocycles. The highest BCUT2D eigenvalue weighted by atomic mass is 14.6. The Morgan fingerprint density at radius 3 is 2.82 bits per heavy atom. The van der Waals surface area contributed by atoms with Crippen LogP contribution in [0.1, 0.15) is 39.5 Å². The third kappa shape index (κ3) is 2.61. The van der Waals surface area contributed by atoms with E-state index in [0.29, 0.717) is 5.92 Å². The summed E-state index contributed by atoms with van der Waals surface area (Å²) in [4.78, 5) is 0. The van der Waals surface area contributed by atoms with Crippen LogP contribution in [0.25, 0.3) is 0 Å². The standard InChI is InChI=1S/C16H23N/c1-11(2)13-9-8-12(3)15(10-13)14-6-4-5-7-16(14)17/h5,7,10,14,16H,1,4,6,8-9,17H2,2-3H3. The van der Waals surface area contributed by atoms with E-state index in [0.717, 1.165) is 12.8 Å². The van der Waals surface area contributed by atoms with Gasteiger partial charge in [0.2, 0.25) is 0 Å². The molecule has 0 amide bonds. The maximum absolute atomic E-state index is 6.22.